The summed E-state index contributed by atoms with van der Waals surface area (Å²) in [4.78, 5) is 23.5. The molecule has 0 saturated carbocycles. The zero-order valence-electron chi connectivity index (χ0n) is 11.4. The molecule has 1 aliphatic heterocycles. The smallest absolute Gasteiger partial charge is 0.335 e. The Bertz CT molecular complexity index is 691. The number of hydrogen-bond acceptors (Lipinski definition) is 7. The first-order chi connectivity index (χ1) is 10.0. The molecule has 4 atom stereocenters. The molecule has 0 aromatic carbocycles. The number of nitrogens with two attached hydrogens (primary N) is 1. The van der Waals surface area contributed by atoms with E-state index in [2.05, 4.69) is 19.7 Å². The van der Waals surface area contributed by atoms with E-state index < -0.39 is 30.4 Å². The Labute approximate surface area is 119 Å². The van der Waals surface area contributed by atoms with Gasteiger partial charge in [-0.2, -0.15) is 0 Å². The molecule has 8 nitrogen and oxygen atoms in total. The van der Waals surface area contributed by atoms with Crippen molar-refractivity contribution in [3.05, 3.63) is 12.7 Å². The standard InChI is InChI=1S/C12H14FN5O3/c1-5-6(13)11(21-8(5)12(19)20-2)18-4-17-7-9(14)15-3-16-10(7)18/h3-6,8,11H,1-2H3,(H2,14,15,16)/t5-,6+,8-,11+/m0/s1. The second kappa shape index (κ2) is 4.92. The molecule has 0 bridgehead atoms. The van der Waals surface area contributed by atoms with Crippen molar-refractivity contribution < 1.29 is 18.7 Å². The van der Waals surface area contributed by atoms with Crippen molar-refractivity contribution in [3.8, 4) is 0 Å². The molecule has 0 aliphatic carbocycles. The van der Waals surface area contributed by atoms with Crippen LogP contribution in [0.3, 0.4) is 0 Å². The van der Waals surface area contributed by atoms with Crippen LogP contribution in [0.4, 0.5) is 10.2 Å². The minimum Gasteiger partial charge on any atom is -0.467 e. The minimum atomic E-state index is -1.40. The number of carbonyl (C=O) groups is 1. The zero-order valence-corrected chi connectivity index (χ0v) is 11.4. The van der Waals surface area contributed by atoms with Gasteiger partial charge in [0.1, 0.15) is 11.8 Å². The number of carbonyl (C=O) groups excluding carboxylic acids is 1. The third kappa shape index (κ3) is 2.00. The molecule has 1 fully saturated rings. The first kappa shape index (κ1) is 13.7. The van der Waals surface area contributed by atoms with E-state index in [4.69, 9.17) is 10.5 Å². The molecule has 1 aliphatic rings. The molecule has 0 spiro atoms. The van der Waals surface area contributed by atoms with E-state index in [9.17, 15) is 9.18 Å². The van der Waals surface area contributed by atoms with Crippen molar-refractivity contribution in [1.82, 2.24) is 19.5 Å². The van der Waals surface area contributed by atoms with Gasteiger partial charge in [0.25, 0.3) is 0 Å². The number of imidazole rings is 1. The lowest BCUT2D eigenvalue weighted by Gasteiger charge is -2.15. The molecule has 21 heavy (non-hydrogen) atoms. The monoisotopic (exact) mass is 295 g/mol. The van der Waals surface area contributed by atoms with Gasteiger partial charge in [-0.1, -0.05) is 6.92 Å². The van der Waals surface area contributed by atoms with Gasteiger partial charge in [-0.25, -0.2) is 24.1 Å². The van der Waals surface area contributed by atoms with E-state index in [1.54, 1.807) is 6.92 Å². The van der Waals surface area contributed by atoms with Crippen molar-refractivity contribution in [1.29, 1.82) is 0 Å². The Balaban J connectivity index is 2.00. The third-order valence-electron chi connectivity index (χ3n) is 3.63. The maximum atomic E-state index is 14.5. The summed E-state index contributed by atoms with van der Waals surface area (Å²) in [6, 6.07) is 0. The average molecular weight is 295 g/mol. The fraction of sp³-hybridized carbons (Fsp3) is 0.500. The topological polar surface area (TPSA) is 105 Å². The molecule has 2 N–H and O–H groups in total. The van der Waals surface area contributed by atoms with Gasteiger partial charge in [0.2, 0.25) is 0 Å². The van der Waals surface area contributed by atoms with Crippen LogP contribution < -0.4 is 5.73 Å². The summed E-state index contributed by atoms with van der Waals surface area (Å²) in [5.74, 6) is -1.05. The largest absolute Gasteiger partial charge is 0.467 e. The number of aromatic nitrogens is 4. The Morgan fingerprint density at radius 1 is 1.48 bits per heavy atom. The van der Waals surface area contributed by atoms with Crippen LogP contribution in [0, 0.1) is 5.92 Å². The number of methoxy groups -OCH3 is 1. The normalized spacial score (nSPS) is 28.9. The summed E-state index contributed by atoms with van der Waals surface area (Å²) in [6.45, 7) is 1.59. The highest BCUT2D eigenvalue weighted by atomic mass is 19.1. The number of esters is 1. The predicted octanol–water partition coefficient (Wildman–Crippen LogP) is 0.453. The first-order valence-electron chi connectivity index (χ1n) is 6.35. The molecule has 3 heterocycles. The molecule has 0 radical (unpaired) electrons. The lowest BCUT2D eigenvalue weighted by atomic mass is 10.0. The highest BCUT2D eigenvalue weighted by Gasteiger charge is 2.47. The van der Waals surface area contributed by atoms with Gasteiger partial charge in [-0.3, -0.25) is 4.57 Å². The molecule has 0 amide bonds. The van der Waals surface area contributed by atoms with Crippen LogP contribution in [0.15, 0.2) is 12.7 Å². The van der Waals surface area contributed by atoms with Crippen molar-refractivity contribution in [2.24, 2.45) is 5.92 Å². The number of nitrogen functional groups attached to an aromatic ring is 1. The molecule has 2 aromatic heterocycles. The second-order valence-corrected chi connectivity index (χ2v) is 4.86. The zero-order chi connectivity index (χ0) is 15.1. The lowest BCUT2D eigenvalue weighted by Crippen LogP contribution is -2.28. The molecule has 112 valence electrons. The Kier molecular flexibility index (Phi) is 3.20. The number of ether oxygens (including phenoxy) is 2. The van der Waals surface area contributed by atoms with Crippen LogP contribution in [-0.2, 0) is 14.3 Å². The van der Waals surface area contributed by atoms with Gasteiger partial charge in [0.05, 0.1) is 13.4 Å². The minimum absolute atomic E-state index is 0.199. The van der Waals surface area contributed by atoms with Crippen LogP contribution in [0.25, 0.3) is 11.2 Å². The Morgan fingerprint density at radius 2 is 2.24 bits per heavy atom. The van der Waals surface area contributed by atoms with Gasteiger partial charge in [0, 0.05) is 5.92 Å². The quantitative estimate of drug-likeness (QED) is 0.802. The molecule has 3 rings (SSSR count). The van der Waals surface area contributed by atoms with E-state index in [-0.39, 0.29) is 5.82 Å². The molecule has 1 saturated heterocycles. The van der Waals surface area contributed by atoms with Crippen molar-refractivity contribution in [2.45, 2.75) is 25.4 Å². The maximum absolute atomic E-state index is 14.5. The average Bonchev–Trinajstić information content (AvgIpc) is 3.02. The van der Waals surface area contributed by atoms with Crippen LogP contribution >= 0.6 is 0 Å². The fourth-order valence-corrected chi connectivity index (χ4v) is 2.44. The SMILES string of the molecule is COC(=O)[C@H]1O[C@@H](n2cnc3c(N)ncnc32)[C@H](F)[C@@H]1C. The van der Waals surface area contributed by atoms with Crippen LogP contribution in [0.1, 0.15) is 13.2 Å². The summed E-state index contributed by atoms with van der Waals surface area (Å²) < 4.78 is 26.0. The summed E-state index contributed by atoms with van der Waals surface area (Å²) in [7, 11) is 1.24. The van der Waals surface area contributed by atoms with Crippen molar-refractivity contribution in [3.63, 3.8) is 0 Å². The molecular weight excluding hydrogens is 281 g/mol. The van der Waals surface area contributed by atoms with Crippen LogP contribution in [0.5, 0.6) is 0 Å². The van der Waals surface area contributed by atoms with Gasteiger partial charge in [-0.15, -0.1) is 0 Å². The number of alkyl halides is 1. The third-order valence-corrected chi connectivity index (χ3v) is 3.63. The van der Waals surface area contributed by atoms with Crippen LogP contribution in [0.2, 0.25) is 0 Å². The number of halogens is 1. The summed E-state index contributed by atoms with van der Waals surface area (Å²) in [5.41, 5.74) is 6.41. The number of rotatable bonds is 2. The second-order valence-electron chi connectivity index (χ2n) is 4.86. The highest BCUT2D eigenvalue weighted by molar-refractivity contribution is 5.81. The van der Waals surface area contributed by atoms with E-state index in [0.29, 0.717) is 11.2 Å². The number of nitrogens with zero attached hydrogens (tertiary/aromatic N) is 4. The van der Waals surface area contributed by atoms with E-state index in [1.165, 1.54) is 24.3 Å². The summed E-state index contributed by atoms with van der Waals surface area (Å²) in [5, 5.41) is 0. The van der Waals surface area contributed by atoms with Gasteiger partial charge >= 0.3 is 5.97 Å². The van der Waals surface area contributed by atoms with E-state index in [0.717, 1.165) is 0 Å². The number of anilines is 1. The summed E-state index contributed by atoms with van der Waals surface area (Å²) in [6.07, 6.45) is -0.740. The Hall–Kier alpha value is -2.29. The highest BCUT2D eigenvalue weighted by Crippen LogP contribution is 2.37. The Morgan fingerprint density at radius 3 is 2.95 bits per heavy atom. The molecular formula is C12H14FN5O3. The van der Waals surface area contributed by atoms with Gasteiger partial charge in [-0.05, 0) is 0 Å². The van der Waals surface area contributed by atoms with Crippen molar-refractivity contribution >= 4 is 23.0 Å². The van der Waals surface area contributed by atoms with Gasteiger partial charge < -0.3 is 15.2 Å². The summed E-state index contributed by atoms with van der Waals surface area (Å²) >= 11 is 0. The fourth-order valence-electron chi connectivity index (χ4n) is 2.44. The molecule has 0 unspecified atom stereocenters. The first-order valence-corrected chi connectivity index (χ1v) is 6.35. The number of hydrogen-bond donors (Lipinski definition) is 1. The van der Waals surface area contributed by atoms with E-state index >= 15 is 0 Å². The number of fused-ring (bicyclic) bond motifs is 1. The molecule has 2 aromatic rings. The predicted molar refractivity (Wildman–Crippen MR) is 69.7 cm³/mol. The van der Waals surface area contributed by atoms with E-state index in [1.807, 2.05) is 0 Å². The van der Waals surface area contributed by atoms with Gasteiger partial charge in [0.15, 0.2) is 30.0 Å². The molecule has 9 heteroatoms. The van der Waals surface area contributed by atoms with Crippen molar-refractivity contribution in [2.75, 3.05) is 12.8 Å². The lowest BCUT2D eigenvalue weighted by molar-refractivity contribution is -0.156. The maximum Gasteiger partial charge on any atom is 0.335 e. The van der Waals surface area contributed by atoms with Crippen LogP contribution in [-0.4, -0.2) is 44.9 Å².